The van der Waals surface area contributed by atoms with E-state index in [1.54, 1.807) is 19.4 Å². The second kappa shape index (κ2) is 8.27. The summed E-state index contributed by atoms with van der Waals surface area (Å²) in [4.78, 5) is 17.3. The molecule has 2 N–H and O–H groups in total. The van der Waals surface area contributed by atoms with Crippen molar-refractivity contribution >= 4 is 33.8 Å². The monoisotopic (exact) mass is 445 g/mol. The van der Waals surface area contributed by atoms with Crippen LogP contribution in [0.5, 0.6) is 11.5 Å². The number of thiophene rings is 1. The fourth-order valence-electron chi connectivity index (χ4n) is 3.49. The van der Waals surface area contributed by atoms with E-state index in [-0.39, 0.29) is 6.61 Å². The zero-order valence-corrected chi connectivity index (χ0v) is 18.0. The number of hydrogen-bond acceptors (Lipinski definition) is 7. The van der Waals surface area contributed by atoms with E-state index in [0.717, 1.165) is 32.7 Å². The molecule has 0 unspecified atom stereocenters. The molecular weight excluding hydrogens is 426 g/mol. The van der Waals surface area contributed by atoms with Crippen molar-refractivity contribution in [2.24, 2.45) is 5.73 Å². The molecule has 0 spiro atoms. The molecule has 0 saturated heterocycles. The molecule has 32 heavy (non-hydrogen) atoms. The molecule has 0 bridgehead atoms. The van der Waals surface area contributed by atoms with Gasteiger partial charge in [-0.3, -0.25) is 14.2 Å². The first-order chi connectivity index (χ1) is 15.6. The minimum absolute atomic E-state index is 0.251. The van der Waals surface area contributed by atoms with Gasteiger partial charge in [0.2, 0.25) is 0 Å². The molecule has 5 aromatic rings. The van der Waals surface area contributed by atoms with E-state index in [4.69, 9.17) is 15.2 Å². The molecule has 5 rings (SSSR count). The van der Waals surface area contributed by atoms with E-state index in [1.807, 2.05) is 53.1 Å². The highest BCUT2D eigenvalue weighted by molar-refractivity contribution is 7.14. The average molecular weight is 446 g/mol. The van der Waals surface area contributed by atoms with Crippen LogP contribution in [0.15, 0.2) is 60.9 Å². The van der Waals surface area contributed by atoms with Crippen molar-refractivity contribution in [1.29, 1.82) is 0 Å². The first-order valence-corrected chi connectivity index (χ1v) is 10.7. The third-order valence-corrected chi connectivity index (χ3v) is 6.18. The number of pyridine rings is 2. The first kappa shape index (κ1) is 20.0. The number of benzene rings is 1. The number of hydrogen-bond donors (Lipinski definition) is 1. The Morgan fingerprint density at radius 2 is 2.03 bits per heavy atom. The van der Waals surface area contributed by atoms with Crippen LogP contribution in [-0.2, 0) is 13.0 Å². The van der Waals surface area contributed by atoms with Gasteiger partial charge in [-0.15, -0.1) is 21.5 Å². The molecule has 0 aliphatic carbocycles. The lowest BCUT2D eigenvalue weighted by atomic mass is 10.2. The Morgan fingerprint density at radius 3 is 2.84 bits per heavy atom. The second-order valence-corrected chi connectivity index (χ2v) is 8.34. The van der Waals surface area contributed by atoms with E-state index in [1.165, 1.54) is 11.3 Å². The molecule has 1 amide bonds. The van der Waals surface area contributed by atoms with Gasteiger partial charge in [0.1, 0.15) is 18.1 Å². The number of carbonyl (C=O) groups excluding carboxylic acids is 1. The molecule has 160 valence electrons. The molecule has 4 heterocycles. The lowest BCUT2D eigenvalue weighted by Crippen LogP contribution is -2.08. The number of aromatic nitrogens is 4. The largest absolute Gasteiger partial charge is 0.497 e. The summed E-state index contributed by atoms with van der Waals surface area (Å²) in [6.07, 6.45) is 4.38. The van der Waals surface area contributed by atoms with Crippen LogP contribution in [0.1, 0.15) is 25.9 Å². The van der Waals surface area contributed by atoms with Crippen LogP contribution in [0.2, 0.25) is 0 Å². The maximum Gasteiger partial charge on any atom is 0.258 e. The highest BCUT2D eigenvalue weighted by atomic mass is 32.1. The molecule has 0 aliphatic heterocycles. The summed E-state index contributed by atoms with van der Waals surface area (Å²) in [5, 5.41) is 9.42. The van der Waals surface area contributed by atoms with Gasteiger partial charge in [-0.25, -0.2) is 0 Å². The van der Waals surface area contributed by atoms with Crippen LogP contribution in [-0.4, -0.2) is 32.6 Å². The van der Waals surface area contributed by atoms with Gasteiger partial charge in [0.05, 0.1) is 17.5 Å². The van der Waals surface area contributed by atoms with E-state index in [2.05, 4.69) is 15.2 Å². The van der Waals surface area contributed by atoms with Crippen molar-refractivity contribution in [2.75, 3.05) is 7.11 Å². The van der Waals surface area contributed by atoms with Crippen molar-refractivity contribution in [2.45, 2.75) is 13.0 Å². The summed E-state index contributed by atoms with van der Waals surface area (Å²) in [7, 11) is 1.63. The van der Waals surface area contributed by atoms with Gasteiger partial charge < -0.3 is 15.2 Å². The van der Waals surface area contributed by atoms with Crippen LogP contribution in [0.4, 0.5) is 0 Å². The maximum absolute atomic E-state index is 11.3. The maximum atomic E-state index is 11.3. The summed E-state index contributed by atoms with van der Waals surface area (Å²) in [6.45, 7) is 0.251. The number of amides is 1. The topological polar surface area (TPSA) is 105 Å². The zero-order valence-electron chi connectivity index (χ0n) is 17.2. The fourth-order valence-corrected chi connectivity index (χ4v) is 4.38. The lowest BCUT2D eigenvalue weighted by Gasteiger charge is -2.09. The Balaban J connectivity index is 1.38. The Bertz CT molecular complexity index is 1440. The summed E-state index contributed by atoms with van der Waals surface area (Å²) in [5.41, 5.74) is 7.96. The van der Waals surface area contributed by atoms with Crippen LogP contribution >= 0.6 is 11.3 Å². The molecule has 0 atom stereocenters. The van der Waals surface area contributed by atoms with Gasteiger partial charge in [0.15, 0.2) is 11.5 Å². The van der Waals surface area contributed by atoms with Crippen molar-refractivity contribution in [3.8, 4) is 11.5 Å². The van der Waals surface area contributed by atoms with E-state index in [0.29, 0.717) is 22.9 Å². The predicted octanol–water partition coefficient (Wildman–Crippen LogP) is 3.62. The third kappa shape index (κ3) is 3.85. The molecule has 0 fully saturated rings. The number of ether oxygens (including phenoxy) is 2. The smallest absolute Gasteiger partial charge is 0.258 e. The molecule has 0 saturated carbocycles. The molecular formula is C23H19N5O3S. The van der Waals surface area contributed by atoms with Gasteiger partial charge in [0.25, 0.3) is 5.91 Å². The third-order valence-electron chi connectivity index (χ3n) is 5.08. The van der Waals surface area contributed by atoms with Crippen molar-refractivity contribution < 1.29 is 14.3 Å². The van der Waals surface area contributed by atoms with Crippen LogP contribution in [0.3, 0.4) is 0 Å². The summed E-state index contributed by atoms with van der Waals surface area (Å²) in [6, 6.07) is 15.1. The molecule has 8 nitrogen and oxygen atoms in total. The molecule has 4 aromatic heterocycles. The number of nitrogens with two attached hydrogens (primary N) is 1. The van der Waals surface area contributed by atoms with Crippen molar-refractivity contribution in [1.82, 2.24) is 19.6 Å². The highest BCUT2D eigenvalue weighted by Crippen LogP contribution is 2.27. The van der Waals surface area contributed by atoms with Crippen molar-refractivity contribution in [3.05, 3.63) is 82.1 Å². The zero-order chi connectivity index (χ0) is 22.1. The summed E-state index contributed by atoms with van der Waals surface area (Å²) < 4.78 is 13.3. The fraction of sp³-hybridized carbons (Fsp3) is 0.130. The van der Waals surface area contributed by atoms with Crippen LogP contribution in [0, 0.1) is 0 Å². The number of carbonyl (C=O) groups is 1. The minimum Gasteiger partial charge on any atom is -0.497 e. The minimum atomic E-state index is -0.406. The number of methoxy groups -OCH3 is 1. The second-order valence-electron chi connectivity index (χ2n) is 7.17. The Labute approximate surface area is 187 Å². The van der Waals surface area contributed by atoms with Gasteiger partial charge in [-0.1, -0.05) is 6.07 Å². The average Bonchev–Trinajstić information content (AvgIpc) is 3.44. The van der Waals surface area contributed by atoms with E-state index < -0.39 is 5.91 Å². The first-order valence-electron chi connectivity index (χ1n) is 9.87. The molecule has 0 aliphatic rings. The lowest BCUT2D eigenvalue weighted by molar-refractivity contribution is 0.100. The predicted molar refractivity (Wildman–Crippen MR) is 121 cm³/mol. The number of fused-ring (bicyclic) bond motifs is 2. The van der Waals surface area contributed by atoms with E-state index in [9.17, 15) is 4.79 Å². The number of rotatable bonds is 7. The van der Waals surface area contributed by atoms with Gasteiger partial charge in [0, 0.05) is 35.1 Å². The standard InChI is InChI=1S/C23H19N5O3S/c1-30-15-3-5-17-18(11-15)25-9-8-19(17)31-13-22-27-26-21-7-2-14(12-28(21)22)10-16-4-6-20(32-16)23(24)29/h2-9,11-12H,10,13H2,1H3,(H2,24,29). The van der Waals surface area contributed by atoms with Gasteiger partial charge in [-0.2, -0.15) is 0 Å². The number of primary amides is 1. The normalized spacial score (nSPS) is 11.2. The van der Waals surface area contributed by atoms with Gasteiger partial charge >= 0.3 is 0 Å². The molecule has 1 aromatic carbocycles. The van der Waals surface area contributed by atoms with Gasteiger partial charge in [-0.05, 0) is 42.0 Å². The highest BCUT2D eigenvalue weighted by Gasteiger charge is 2.11. The Hall–Kier alpha value is -3.98. The summed E-state index contributed by atoms with van der Waals surface area (Å²) >= 11 is 1.40. The number of nitrogens with zero attached hydrogens (tertiary/aromatic N) is 4. The Morgan fingerprint density at radius 1 is 1.12 bits per heavy atom. The van der Waals surface area contributed by atoms with Crippen molar-refractivity contribution in [3.63, 3.8) is 0 Å². The van der Waals surface area contributed by atoms with E-state index >= 15 is 0 Å². The summed E-state index contributed by atoms with van der Waals surface area (Å²) in [5.74, 6) is 1.73. The van der Waals surface area contributed by atoms with Crippen LogP contribution < -0.4 is 15.2 Å². The SMILES string of the molecule is COc1ccc2c(OCc3nnc4ccc(Cc5ccc(C(N)=O)s5)cn34)ccnc2c1. The molecule has 9 heteroatoms. The quantitative estimate of drug-likeness (QED) is 0.410. The molecule has 0 radical (unpaired) electrons. The van der Waals surface area contributed by atoms with Crippen LogP contribution in [0.25, 0.3) is 16.6 Å². The Kier molecular flexibility index (Phi) is 5.16.